The van der Waals surface area contributed by atoms with Gasteiger partial charge in [-0.2, -0.15) is 10.2 Å². The molecular formula is C10H7N5O2. The van der Waals surface area contributed by atoms with Gasteiger partial charge in [-0.1, -0.05) is 0 Å². The average Bonchev–Trinajstić information content (AvgIpc) is 2.96. The SMILES string of the molecule is O=[N+]([O-])c1ccc2cnn(-c3cn[nH]c3)c2c1. The highest BCUT2D eigenvalue weighted by atomic mass is 16.6. The van der Waals surface area contributed by atoms with Crippen molar-refractivity contribution in [2.75, 3.05) is 0 Å². The summed E-state index contributed by atoms with van der Waals surface area (Å²) in [5.41, 5.74) is 1.46. The number of nitro groups is 1. The monoisotopic (exact) mass is 229 g/mol. The van der Waals surface area contributed by atoms with E-state index in [0.717, 1.165) is 11.1 Å². The lowest BCUT2D eigenvalue weighted by Gasteiger charge is -1.98. The van der Waals surface area contributed by atoms with Gasteiger partial charge in [0.1, 0.15) is 5.69 Å². The molecule has 2 aromatic heterocycles. The largest absolute Gasteiger partial charge is 0.283 e. The molecule has 3 aromatic rings. The number of nitro benzene ring substituents is 1. The van der Waals surface area contributed by atoms with Gasteiger partial charge in [0.15, 0.2) is 0 Å². The number of hydrogen-bond donors (Lipinski definition) is 1. The predicted octanol–water partition coefficient (Wildman–Crippen LogP) is 1.66. The molecule has 0 radical (unpaired) electrons. The quantitative estimate of drug-likeness (QED) is 0.534. The fourth-order valence-corrected chi connectivity index (χ4v) is 1.69. The van der Waals surface area contributed by atoms with Crippen molar-refractivity contribution in [2.24, 2.45) is 0 Å². The van der Waals surface area contributed by atoms with Crippen molar-refractivity contribution in [3.05, 3.63) is 46.9 Å². The Morgan fingerprint density at radius 1 is 1.35 bits per heavy atom. The molecule has 0 spiro atoms. The molecule has 7 heteroatoms. The van der Waals surface area contributed by atoms with Gasteiger partial charge in [0, 0.05) is 23.7 Å². The van der Waals surface area contributed by atoms with Crippen molar-refractivity contribution >= 4 is 16.6 Å². The van der Waals surface area contributed by atoms with E-state index in [1.54, 1.807) is 29.3 Å². The third-order valence-corrected chi connectivity index (χ3v) is 2.49. The molecule has 2 heterocycles. The Labute approximate surface area is 94.8 Å². The van der Waals surface area contributed by atoms with E-state index >= 15 is 0 Å². The highest BCUT2D eigenvalue weighted by molar-refractivity contribution is 5.82. The fraction of sp³-hybridized carbons (Fsp3) is 0. The molecule has 17 heavy (non-hydrogen) atoms. The Kier molecular flexibility index (Phi) is 1.91. The zero-order chi connectivity index (χ0) is 11.8. The number of fused-ring (bicyclic) bond motifs is 1. The van der Waals surface area contributed by atoms with Gasteiger partial charge in [0.25, 0.3) is 5.69 Å². The van der Waals surface area contributed by atoms with Crippen LogP contribution in [0.5, 0.6) is 0 Å². The standard InChI is InChI=1S/C10H7N5O2/c16-15(17)8-2-1-7-4-13-14(10(7)3-8)9-5-11-12-6-9/h1-6H,(H,11,12). The lowest BCUT2D eigenvalue weighted by Crippen LogP contribution is -1.94. The lowest BCUT2D eigenvalue weighted by atomic mass is 10.2. The molecule has 0 fully saturated rings. The van der Waals surface area contributed by atoms with E-state index in [0.29, 0.717) is 5.52 Å². The van der Waals surface area contributed by atoms with Gasteiger partial charge in [-0.15, -0.1) is 0 Å². The topological polar surface area (TPSA) is 89.6 Å². The Balaban J connectivity index is 2.26. The number of benzene rings is 1. The van der Waals surface area contributed by atoms with Crippen molar-refractivity contribution in [3.63, 3.8) is 0 Å². The van der Waals surface area contributed by atoms with Gasteiger partial charge in [-0.3, -0.25) is 15.2 Å². The maximum atomic E-state index is 10.7. The molecular weight excluding hydrogens is 222 g/mol. The first kappa shape index (κ1) is 9.52. The summed E-state index contributed by atoms with van der Waals surface area (Å²) in [5, 5.41) is 22.2. The van der Waals surface area contributed by atoms with E-state index in [1.165, 1.54) is 12.1 Å². The Morgan fingerprint density at radius 3 is 2.94 bits per heavy atom. The second kappa shape index (κ2) is 3.41. The van der Waals surface area contributed by atoms with E-state index in [-0.39, 0.29) is 5.69 Å². The van der Waals surface area contributed by atoms with Gasteiger partial charge in [0.05, 0.1) is 22.8 Å². The number of hydrogen-bond acceptors (Lipinski definition) is 4. The normalized spacial score (nSPS) is 10.8. The van der Waals surface area contributed by atoms with E-state index < -0.39 is 4.92 Å². The first-order chi connectivity index (χ1) is 8.25. The molecule has 1 N–H and O–H groups in total. The van der Waals surface area contributed by atoms with E-state index in [4.69, 9.17) is 0 Å². The first-order valence-electron chi connectivity index (χ1n) is 4.87. The number of nitrogens with one attached hydrogen (secondary N) is 1. The molecule has 0 aliphatic heterocycles. The average molecular weight is 229 g/mol. The minimum Gasteiger partial charge on any atom is -0.283 e. The minimum atomic E-state index is -0.424. The van der Waals surface area contributed by atoms with Gasteiger partial charge >= 0.3 is 0 Å². The second-order valence-corrected chi connectivity index (χ2v) is 3.51. The summed E-state index contributed by atoms with van der Waals surface area (Å²) < 4.78 is 1.60. The molecule has 1 aromatic carbocycles. The van der Waals surface area contributed by atoms with Gasteiger partial charge in [0.2, 0.25) is 0 Å². The predicted molar refractivity (Wildman–Crippen MR) is 59.9 cm³/mol. The third kappa shape index (κ3) is 1.44. The molecule has 0 saturated heterocycles. The van der Waals surface area contributed by atoms with Gasteiger partial charge in [-0.05, 0) is 6.07 Å². The summed E-state index contributed by atoms with van der Waals surface area (Å²) in [4.78, 5) is 10.3. The lowest BCUT2D eigenvalue weighted by molar-refractivity contribution is -0.384. The molecule has 7 nitrogen and oxygen atoms in total. The summed E-state index contributed by atoms with van der Waals surface area (Å²) in [6.07, 6.45) is 4.93. The highest BCUT2D eigenvalue weighted by Gasteiger charge is 2.11. The van der Waals surface area contributed by atoms with Crippen molar-refractivity contribution in [2.45, 2.75) is 0 Å². The van der Waals surface area contributed by atoms with Crippen molar-refractivity contribution in [1.82, 2.24) is 20.0 Å². The second-order valence-electron chi connectivity index (χ2n) is 3.51. The molecule has 3 rings (SSSR count). The van der Waals surface area contributed by atoms with Crippen LogP contribution in [0.2, 0.25) is 0 Å². The maximum Gasteiger partial charge on any atom is 0.271 e. The fourth-order valence-electron chi connectivity index (χ4n) is 1.69. The van der Waals surface area contributed by atoms with E-state index in [1.807, 2.05) is 0 Å². The van der Waals surface area contributed by atoms with Gasteiger partial charge < -0.3 is 0 Å². The van der Waals surface area contributed by atoms with Crippen LogP contribution < -0.4 is 0 Å². The maximum absolute atomic E-state index is 10.7. The third-order valence-electron chi connectivity index (χ3n) is 2.49. The molecule has 0 aliphatic carbocycles. The molecule has 0 unspecified atom stereocenters. The Morgan fingerprint density at radius 2 is 2.24 bits per heavy atom. The summed E-state index contributed by atoms with van der Waals surface area (Å²) in [7, 11) is 0. The number of H-pyrrole nitrogens is 1. The minimum absolute atomic E-state index is 0.0442. The highest BCUT2D eigenvalue weighted by Crippen LogP contribution is 2.22. The van der Waals surface area contributed by atoms with Crippen LogP contribution in [0.15, 0.2) is 36.8 Å². The number of non-ortho nitro benzene ring substituents is 1. The first-order valence-corrected chi connectivity index (χ1v) is 4.87. The number of aromatic amines is 1. The van der Waals surface area contributed by atoms with Crippen molar-refractivity contribution in [1.29, 1.82) is 0 Å². The van der Waals surface area contributed by atoms with Crippen molar-refractivity contribution in [3.8, 4) is 5.69 Å². The molecule has 0 aliphatic rings. The Hall–Kier alpha value is -2.70. The number of aromatic nitrogens is 4. The van der Waals surface area contributed by atoms with Crippen LogP contribution in [0.3, 0.4) is 0 Å². The summed E-state index contributed by atoms with van der Waals surface area (Å²) in [6.45, 7) is 0. The molecule has 0 atom stereocenters. The van der Waals surface area contributed by atoms with Gasteiger partial charge in [-0.25, -0.2) is 4.68 Å². The molecule has 0 bridgehead atoms. The Bertz CT molecular complexity index is 686. The summed E-state index contributed by atoms with van der Waals surface area (Å²) in [5.74, 6) is 0. The number of rotatable bonds is 2. The smallest absolute Gasteiger partial charge is 0.271 e. The molecule has 84 valence electrons. The summed E-state index contributed by atoms with van der Waals surface area (Å²) >= 11 is 0. The van der Waals surface area contributed by atoms with Crippen LogP contribution in [-0.2, 0) is 0 Å². The van der Waals surface area contributed by atoms with Crippen LogP contribution in [0, 0.1) is 10.1 Å². The van der Waals surface area contributed by atoms with Crippen LogP contribution in [0.4, 0.5) is 5.69 Å². The van der Waals surface area contributed by atoms with Crippen LogP contribution in [0.1, 0.15) is 0 Å². The van der Waals surface area contributed by atoms with E-state index in [2.05, 4.69) is 15.3 Å². The van der Waals surface area contributed by atoms with E-state index in [9.17, 15) is 10.1 Å². The summed E-state index contributed by atoms with van der Waals surface area (Å²) in [6, 6.07) is 4.64. The number of nitrogens with zero attached hydrogens (tertiary/aromatic N) is 4. The van der Waals surface area contributed by atoms with Crippen LogP contribution in [-0.4, -0.2) is 24.9 Å². The van der Waals surface area contributed by atoms with Crippen LogP contribution in [0.25, 0.3) is 16.6 Å². The van der Waals surface area contributed by atoms with Crippen LogP contribution >= 0.6 is 0 Å². The molecule has 0 amide bonds. The zero-order valence-corrected chi connectivity index (χ0v) is 8.57. The molecule has 0 saturated carbocycles. The van der Waals surface area contributed by atoms with Crippen molar-refractivity contribution < 1.29 is 4.92 Å². The zero-order valence-electron chi connectivity index (χ0n) is 8.57.